The first-order chi connectivity index (χ1) is 26.7. The second kappa shape index (κ2) is 13.4. The summed E-state index contributed by atoms with van der Waals surface area (Å²) in [6, 6.07) is 75.8. The lowest BCUT2D eigenvalue weighted by Gasteiger charge is -2.27. The van der Waals surface area contributed by atoms with Crippen LogP contribution in [0, 0.1) is 0 Å². The molecule has 0 radical (unpaired) electrons. The average molecular weight is 690 g/mol. The molecule has 54 heavy (non-hydrogen) atoms. The summed E-state index contributed by atoms with van der Waals surface area (Å²) in [6.45, 7) is 0. The van der Waals surface area contributed by atoms with Crippen LogP contribution in [0.1, 0.15) is 0 Å². The minimum atomic E-state index is 0.821. The largest absolute Gasteiger partial charge is 0.456 e. The molecule has 9 aromatic carbocycles. The minimum absolute atomic E-state index is 0.821. The predicted octanol–water partition coefficient (Wildman–Crippen LogP) is 14.8. The molecule has 0 amide bonds. The Labute approximate surface area is 315 Å². The Morgan fingerprint density at radius 2 is 0.685 bits per heavy atom. The highest BCUT2D eigenvalue weighted by Gasteiger charge is 2.24. The number of rotatable bonds is 6. The molecular weight excluding hydrogens is 655 g/mol. The Morgan fingerprint density at radius 3 is 1.26 bits per heavy atom. The monoisotopic (exact) mass is 689 g/mol. The standard InChI is InChI=1S/C52H35NO/c1-4-12-36(13-5-1)39-20-25-44(26-21-39)53(45-27-22-40(23-28-45)37-14-6-2-7-15-37)46-29-31-48-47-30-24-43(38-16-8-3-9-17-38)32-49(47)50-33-41-18-10-11-19-42(41)34-51(50)54-52(48)35-46/h1-35H. The maximum Gasteiger partial charge on any atom is 0.137 e. The van der Waals surface area contributed by atoms with Crippen LogP contribution < -0.4 is 9.64 Å². The molecule has 0 saturated heterocycles. The number of hydrogen-bond acceptors (Lipinski definition) is 2. The Bertz CT molecular complexity index is 2670. The number of fused-ring (bicyclic) bond motifs is 6. The third-order valence-corrected chi connectivity index (χ3v) is 10.5. The van der Waals surface area contributed by atoms with Crippen molar-refractivity contribution >= 4 is 27.8 Å². The van der Waals surface area contributed by atoms with Crippen molar-refractivity contribution in [2.24, 2.45) is 0 Å². The molecule has 0 saturated carbocycles. The normalized spacial score (nSPS) is 11.5. The maximum absolute atomic E-state index is 7.03. The van der Waals surface area contributed by atoms with Crippen LogP contribution in [-0.4, -0.2) is 0 Å². The van der Waals surface area contributed by atoms with Crippen molar-refractivity contribution in [3.05, 3.63) is 212 Å². The van der Waals surface area contributed by atoms with E-state index in [0.717, 1.165) is 56.2 Å². The van der Waals surface area contributed by atoms with E-state index in [-0.39, 0.29) is 0 Å². The first kappa shape index (κ1) is 31.6. The van der Waals surface area contributed by atoms with Crippen LogP contribution in [-0.2, 0) is 0 Å². The summed E-state index contributed by atoms with van der Waals surface area (Å²) in [5.74, 6) is 1.67. The number of ether oxygens (including phenoxy) is 1. The van der Waals surface area contributed by atoms with E-state index in [1.165, 1.54) is 38.8 Å². The van der Waals surface area contributed by atoms with Crippen LogP contribution in [0.4, 0.5) is 17.1 Å². The molecule has 0 aliphatic carbocycles. The molecule has 0 unspecified atom stereocenters. The second-order valence-corrected chi connectivity index (χ2v) is 13.8. The van der Waals surface area contributed by atoms with E-state index in [4.69, 9.17) is 4.74 Å². The van der Waals surface area contributed by atoms with E-state index in [1.54, 1.807) is 0 Å². The highest BCUT2D eigenvalue weighted by molar-refractivity contribution is 5.99. The summed E-state index contributed by atoms with van der Waals surface area (Å²) < 4.78 is 7.03. The Hall–Kier alpha value is -7.16. The molecule has 1 heterocycles. The highest BCUT2D eigenvalue weighted by atomic mass is 16.5. The van der Waals surface area contributed by atoms with E-state index in [1.807, 2.05) is 0 Å². The van der Waals surface area contributed by atoms with Gasteiger partial charge in [-0.05, 0) is 110 Å². The van der Waals surface area contributed by atoms with E-state index in [0.29, 0.717) is 0 Å². The van der Waals surface area contributed by atoms with E-state index in [9.17, 15) is 0 Å². The number of anilines is 3. The van der Waals surface area contributed by atoms with Crippen LogP contribution >= 0.6 is 0 Å². The van der Waals surface area contributed by atoms with Gasteiger partial charge in [0.25, 0.3) is 0 Å². The lowest BCUT2D eigenvalue weighted by Crippen LogP contribution is -2.10. The van der Waals surface area contributed by atoms with Crippen molar-refractivity contribution in [1.29, 1.82) is 0 Å². The second-order valence-electron chi connectivity index (χ2n) is 13.8. The molecule has 9 aromatic rings. The fourth-order valence-corrected chi connectivity index (χ4v) is 7.72. The fourth-order valence-electron chi connectivity index (χ4n) is 7.72. The van der Waals surface area contributed by atoms with Gasteiger partial charge < -0.3 is 9.64 Å². The molecule has 2 heteroatoms. The zero-order valence-corrected chi connectivity index (χ0v) is 29.6. The Kier molecular flexibility index (Phi) is 7.85. The summed E-state index contributed by atoms with van der Waals surface area (Å²) in [5, 5.41) is 2.34. The summed E-state index contributed by atoms with van der Waals surface area (Å²) in [4.78, 5) is 2.32. The summed E-state index contributed by atoms with van der Waals surface area (Å²) in [7, 11) is 0. The molecule has 1 aliphatic heterocycles. The molecular formula is C52H35NO. The molecule has 1 aliphatic rings. The van der Waals surface area contributed by atoms with Gasteiger partial charge >= 0.3 is 0 Å². The van der Waals surface area contributed by atoms with Crippen molar-refractivity contribution in [2.45, 2.75) is 0 Å². The SMILES string of the molecule is c1ccc(-c2ccc(N(c3ccc(-c4ccccc4)cc3)c3ccc4c(c3)Oc3cc5ccccc5cc3-c3cc(-c5ccccc5)ccc3-4)cc2)cc1. The van der Waals surface area contributed by atoms with Crippen LogP contribution in [0.3, 0.4) is 0 Å². The van der Waals surface area contributed by atoms with Gasteiger partial charge in [0.05, 0.1) is 0 Å². The summed E-state index contributed by atoms with van der Waals surface area (Å²) in [5.41, 5.74) is 14.7. The molecule has 0 spiro atoms. The van der Waals surface area contributed by atoms with Gasteiger partial charge in [-0.1, -0.05) is 152 Å². The molecule has 0 atom stereocenters. The van der Waals surface area contributed by atoms with Crippen molar-refractivity contribution in [3.8, 4) is 67.1 Å². The van der Waals surface area contributed by atoms with Gasteiger partial charge in [-0.2, -0.15) is 0 Å². The molecule has 0 N–H and O–H groups in total. The molecule has 2 nitrogen and oxygen atoms in total. The van der Waals surface area contributed by atoms with Gasteiger partial charge in [0.1, 0.15) is 11.5 Å². The van der Waals surface area contributed by atoms with Gasteiger partial charge in [-0.3, -0.25) is 0 Å². The summed E-state index contributed by atoms with van der Waals surface area (Å²) in [6.07, 6.45) is 0. The van der Waals surface area contributed by atoms with Gasteiger partial charge in [-0.15, -0.1) is 0 Å². The smallest absolute Gasteiger partial charge is 0.137 e. The number of nitrogens with zero attached hydrogens (tertiary/aromatic N) is 1. The quantitative estimate of drug-likeness (QED) is 0.172. The first-order valence-electron chi connectivity index (χ1n) is 18.4. The third kappa shape index (κ3) is 5.81. The predicted molar refractivity (Wildman–Crippen MR) is 226 cm³/mol. The zero-order valence-electron chi connectivity index (χ0n) is 29.6. The van der Waals surface area contributed by atoms with E-state index < -0.39 is 0 Å². The topological polar surface area (TPSA) is 12.5 Å². The van der Waals surface area contributed by atoms with E-state index >= 15 is 0 Å². The molecule has 0 fully saturated rings. The fraction of sp³-hybridized carbons (Fsp3) is 0. The van der Waals surface area contributed by atoms with Crippen molar-refractivity contribution in [1.82, 2.24) is 0 Å². The summed E-state index contributed by atoms with van der Waals surface area (Å²) >= 11 is 0. The lowest BCUT2D eigenvalue weighted by molar-refractivity contribution is 0.488. The first-order valence-corrected chi connectivity index (χ1v) is 18.4. The maximum atomic E-state index is 7.03. The zero-order chi connectivity index (χ0) is 35.8. The minimum Gasteiger partial charge on any atom is -0.456 e. The average Bonchev–Trinajstić information content (AvgIpc) is 3.38. The van der Waals surface area contributed by atoms with Crippen molar-refractivity contribution < 1.29 is 4.74 Å². The molecule has 10 rings (SSSR count). The Balaban J connectivity index is 1.13. The van der Waals surface area contributed by atoms with Gasteiger partial charge in [-0.25, -0.2) is 0 Å². The number of benzene rings is 9. The Morgan fingerprint density at radius 1 is 0.259 bits per heavy atom. The van der Waals surface area contributed by atoms with Gasteiger partial charge in [0.15, 0.2) is 0 Å². The third-order valence-electron chi connectivity index (χ3n) is 10.5. The van der Waals surface area contributed by atoms with Gasteiger partial charge in [0, 0.05) is 34.3 Å². The van der Waals surface area contributed by atoms with Crippen LogP contribution in [0.15, 0.2) is 212 Å². The number of hydrogen-bond donors (Lipinski definition) is 0. The molecule has 0 aromatic heterocycles. The van der Waals surface area contributed by atoms with Crippen molar-refractivity contribution in [3.63, 3.8) is 0 Å². The van der Waals surface area contributed by atoms with E-state index in [2.05, 4.69) is 217 Å². The van der Waals surface area contributed by atoms with Crippen LogP contribution in [0.2, 0.25) is 0 Å². The molecule has 0 bridgehead atoms. The van der Waals surface area contributed by atoms with Crippen LogP contribution in [0.5, 0.6) is 11.5 Å². The van der Waals surface area contributed by atoms with Crippen molar-refractivity contribution in [2.75, 3.05) is 4.90 Å². The lowest BCUT2D eigenvalue weighted by atomic mass is 9.90. The van der Waals surface area contributed by atoms with Crippen LogP contribution in [0.25, 0.3) is 66.4 Å². The molecule has 254 valence electrons. The van der Waals surface area contributed by atoms with Gasteiger partial charge in [0.2, 0.25) is 0 Å². The highest BCUT2D eigenvalue weighted by Crippen LogP contribution is 2.51.